The number of halogens is 2. The van der Waals surface area contributed by atoms with Gasteiger partial charge in [-0.15, -0.1) is 0 Å². The Labute approximate surface area is 111 Å². The maximum absolute atomic E-state index is 13.3. The van der Waals surface area contributed by atoms with Crippen LogP contribution >= 0.6 is 15.9 Å². The number of anilines is 2. The molecular weight excluding hydrogens is 301 g/mol. The van der Waals surface area contributed by atoms with Crippen molar-refractivity contribution in [3.8, 4) is 0 Å². The second-order valence-corrected chi connectivity index (χ2v) is 4.31. The van der Waals surface area contributed by atoms with E-state index in [0.717, 1.165) is 6.20 Å². The maximum atomic E-state index is 13.3. The lowest BCUT2D eigenvalue weighted by molar-refractivity contribution is 0.102. The lowest BCUT2D eigenvalue weighted by Crippen LogP contribution is -2.14. The molecule has 0 spiro atoms. The van der Waals surface area contributed by atoms with Gasteiger partial charge < -0.3 is 11.1 Å². The lowest BCUT2D eigenvalue weighted by Gasteiger charge is -2.08. The Morgan fingerprint density at radius 3 is 2.89 bits per heavy atom. The number of nitrogens with zero attached hydrogens (tertiary/aromatic N) is 1. The monoisotopic (exact) mass is 309 g/mol. The van der Waals surface area contributed by atoms with Crippen molar-refractivity contribution < 1.29 is 9.18 Å². The Kier molecular flexibility index (Phi) is 3.57. The molecule has 6 heteroatoms. The molecule has 0 bridgehead atoms. The number of pyridine rings is 1. The number of nitrogen functional groups attached to an aromatic ring is 1. The van der Waals surface area contributed by atoms with Gasteiger partial charge in [0.05, 0.1) is 21.9 Å². The minimum absolute atomic E-state index is 0.0734. The number of benzene rings is 1. The highest BCUT2D eigenvalue weighted by Crippen LogP contribution is 2.24. The third kappa shape index (κ3) is 2.48. The zero-order chi connectivity index (χ0) is 13.1. The Bertz CT molecular complexity index is 604. The molecule has 3 N–H and O–H groups in total. The number of nitrogens with two attached hydrogens (primary N) is 1. The molecule has 2 aromatic rings. The SMILES string of the molecule is Nc1cccc(C(=O)Nc2ccncc2F)c1Br. The highest BCUT2D eigenvalue weighted by molar-refractivity contribution is 9.10. The second kappa shape index (κ2) is 5.14. The van der Waals surface area contributed by atoms with Crippen molar-refractivity contribution in [3.63, 3.8) is 0 Å². The van der Waals surface area contributed by atoms with Gasteiger partial charge in [0.25, 0.3) is 5.91 Å². The summed E-state index contributed by atoms with van der Waals surface area (Å²) in [7, 11) is 0. The molecule has 92 valence electrons. The highest BCUT2D eigenvalue weighted by Gasteiger charge is 2.13. The highest BCUT2D eigenvalue weighted by atomic mass is 79.9. The summed E-state index contributed by atoms with van der Waals surface area (Å²) >= 11 is 3.22. The van der Waals surface area contributed by atoms with Gasteiger partial charge in [0.15, 0.2) is 5.82 Å². The molecule has 0 atom stereocenters. The molecule has 0 unspecified atom stereocenters. The van der Waals surface area contributed by atoms with Crippen LogP contribution in [0.15, 0.2) is 41.1 Å². The fourth-order valence-corrected chi connectivity index (χ4v) is 1.84. The van der Waals surface area contributed by atoms with Crippen LogP contribution in [0.5, 0.6) is 0 Å². The molecule has 1 heterocycles. The summed E-state index contributed by atoms with van der Waals surface area (Å²) in [6.45, 7) is 0. The summed E-state index contributed by atoms with van der Waals surface area (Å²) in [5, 5.41) is 2.46. The first-order valence-electron chi connectivity index (χ1n) is 5.04. The molecular formula is C12H9BrFN3O. The first-order valence-corrected chi connectivity index (χ1v) is 5.83. The van der Waals surface area contributed by atoms with Crippen molar-refractivity contribution in [1.82, 2.24) is 4.98 Å². The van der Waals surface area contributed by atoms with Crippen LogP contribution in [0.25, 0.3) is 0 Å². The number of carbonyl (C=O) groups excluding carboxylic acids is 1. The van der Waals surface area contributed by atoms with Crippen molar-refractivity contribution in [2.24, 2.45) is 0 Å². The number of hydrogen-bond acceptors (Lipinski definition) is 3. The van der Waals surface area contributed by atoms with Crippen LogP contribution in [0.3, 0.4) is 0 Å². The number of rotatable bonds is 2. The van der Waals surface area contributed by atoms with Crippen molar-refractivity contribution >= 4 is 33.2 Å². The van der Waals surface area contributed by atoms with Crippen LogP contribution in [0, 0.1) is 5.82 Å². The van der Waals surface area contributed by atoms with Crippen LogP contribution in [0.4, 0.5) is 15.8 Å². The Hall–Kier alpha value is -1.95. The second-order valence-electron chi connectivity index (χ2n) is 3.52. The van der Waals surface area contributed by atoms with Gasteiger partial charge in [0, 0.05) is 11.9 Å². The number of amides is 1. The van der Waals surface area contributed by atoms with E-state index in [9.17, 15) is 9.18 Å². The van der Waals surface area contributed by atoms with Gasteiger partial charge in [-0.25, -0.2) is 4.39 Å². The molecule has 1 aromatic heterocycles. The van der Waals surface area contributed by atoms with Gasteiger partial charge in [0.1, 0.15) is 0 Å². The molecule has 1 aromatic carbocycles. The van der Waals surface area contributed by atoms with Gasteiger partial charge in [-0.1, -0.05) is 6.07 Å². The molecule has 18 heavy (non-hydrogen) atoms. The minimum Gasteiger partial charge on any atom is -0.398 e. The Balaban J connectivity index is 2.28. The molecule has 0 saturated heterocycles. The molecule has 0 aliphatic rings. The number of aromatic nitrogens is 1. The van der Waals surface area contributed by atoms with Crippen LogP contribution in [0.1, 0.15) is 10.4 Å². The summed E-state index contributed by atoms with van der Waals surface area (Å²) in [5.41, 5.74) is 6.53. The third-order valence-electron chi connectivity index (χ3n) is 2.29. The van der Waals surface area contributed by atoms with E-state index >= 15 is 0 Å². The average molecular weight is 310 g/mol. The van der Waals surface area contributed by atoms with Crippen molar-refractivity contribution in [2.45, 2.75) is 0 Å². The van der Waals surface area contributed by atoms with E-state index < -0.39 is 11.7 Å². The van der Waals surface area contributed by atoms with E-state index in [1.54, 1.807) is 18.2 Å². The number of hydrogen-bond donors (Lipinski definition) is 2. The van der Waals surface area contributed by atoms with Crippen LogP contribution < -0.4 is 11.1 Å². The first-order chi connectivity index (χ1) is 8.59. The maximum Gasteiger partial charge on any atom is 0.256 e. The predicted molar refractivity (Wildman–Crippen MR) is 70.7 cm³/mol. The molecule has 4 nitrogen and oxygen atoms in total. The van der Waals surface area contributed by atoms with E-state index in [4.69, 9.17) is 5.73 Å². The van der Waals surface area contributed by atoms with E-state index in [0.29, 0.717) is 15.7 Å². The van der Waals surface area contributed by atoms with E-state index in [1.165, 1.54) is 12.3 Å². The number of nitrogens with one attached hydrogen (secondary N) is 1. The third-order valence-corrected chi connectivity index (χ3v) is 3.18. The van der Waals surface area contributed by atoms with Crippen molar-refractivity contribution in [3.05, 3.63) is 52.5 Å². The standard InChI is InChI=1S/C12H9BrFN3O/c13-11-7(2-1-3-9(11)15)12(18)17-10-4-5-16-6-8(10)14/h1-6H,15H2,(H,16,17,18). The summed E-state index contributed by atoms with van der Waals surface area (Å²) in [4.78, 5) is 15.6. The predicted octanol–water partition coefficient (Wildman–Crippen LogP) is 2.82. The topological polar surface area (TPSA) is 68.0 Å². The summed E-state index contributed by atoms with van der Waals surface area (Å²) in [6.07, 6.45) is 2.43. The molecule has 0 aliphatic heterocycles. The van der Waals surface area contributed by atoms with Crippen LogP contribution in [-0.2, 0) is 0 Å². The smallest absolute Gasteiger partial charge is 0.256 e. The molecule has 0 radical (unpaired) electrons. The van der Waals surface area contributed by atoms with Gasteiger partial charge in [-0.2, -0.15) is 0 Å². The quantitative estimate of drug-likeness (QED) is 0.838. The largest absolute Gasteiger partial charge is 0.398 e. The van der Waals surface area contributed by atoms with Gasteiger partial charge in [-0.3, -0.25) is 9.78 Å². The van der Waals surface area contributed by atoms with Crippen molar-refractivity contribution in [2.75, 3.05) is 11.1 Å². The van der Waals surface area contributed by atoms with Gasteiger partial charge in [0.2, 0.25) is 0 Å². The molecule has 0 saturated carbocycles. The molecule has 1 amide bonds. The van der Waals surface area contributed by atoms with Crippen LogP contribution in [0.2, 0.25) is 0 Å². The van der Waals surface area contributed by atoms with Gasteiger partial charge in [-0.05, 0) is 34.1 Å². The molecule has 0 aliphatic carbocycles. The summed E-state index contributed by atoms with van der Waals surface area (Å²) in [6, 6.07) is 6.29. The Morgan fingerprint density at radius 1 is 1.39 bits per heavy atom. The molecule has 0 fully saturated rings. The number of carbonyl (C=O) groups is 1. The summed E-state index contributed by atoms with van der Waals surface area (Å²) in [5.74, 6) is -1.04. The van der Waals surface area contributed by atoms with E-state index in [1.807, 2.05) is 0 Å². The van der Waals surface area contributed by atoms with Crippen LogP contribution in [-0.4, -0.2) is 10.9 Å². The average Bonchev–Trinajstić information content (AvgIpc) is 2.35. The zero-order valence-corrected chi connectivity index (χ0v) is 10.7. The lowest BCUT2D eigenvalue weighted by atomic mass is 10.2. The summed E-state index contributed by atoms with van der Waals surface area (Å²) < 4.78 is 13.8. The zero-order valence-electron chi connectivity index (χ0n) is 9.15. The van der Waals surface area contributed by atoms with Crippen molar-refractivity contribution in [1.29, 1.82) is 0 Å². The van der Waals surface area contributed by atoms with E-state index in [-0.39, 0.29) is 5.69 Å². The van der Waals surface area contributed by atoms with E-state index in [2.05, 4.69) is 26.2 Å². The Morgan fingerprint density at radius 2 is 2.17 bits per heavy atom. The normalized spacial score (nSPS) is 10.1. The minimum atomic E-state index is -0.592. The fourth-order valence-electron chi connectivity index (χ4n) is 1.39. The fraction of sp³-hybridized carbons (Fsp3) is 0. The van der Waals surface area contributed by atoms with Gasteiger partial charge >= 0.3 is 0 Å². The molecule has 2 rings (SSSR count). The first kappa shape index (κ1) is 12.5.